The van der Waals surface area contributed by atoms with Crippen LogP contribution in [0.3, 0.4) is 0 Å². The molecule has 102 valence electrons. The number of aliphatic hydroxyl groups excluding tert-OH is 1. The van der Waals surface area contributed by atoms with Crippen molar-refractivity contribution in [2.75, 3.05) is 13.2 Å². The van der Waals surface area contributed by atoms with E-state index in [0.717, 1.165) is 16.5 Å². The van der Waals surface area contributed by atoms with Crippen LogP contribution in [0.5, 0.6) is 5.75 Å². The second kappa shape index (κ2) is 5.73. The van der Waals surface area contributed by atoms with Gasteiger partial charge in [-0.3, -0.25) is 4.79 Å². The maximum atomic E-state index is 11.6. The molecule has 0 fully saturated rings. The van der Waals surface area contributed by atoms with Gasteiger partial charge >= 0.3 is 0 Å². The Hall–Kier alpha value is -2.05. The number of amides is 1. The summed E-state index contributed by atoms with van der Waals surface area (Å²) in [6.45, 7) is 0.0840. The maximum absolute atomic E-state index is 11.6. The third-order valence-electron chi connectivity index (χ3n) is 2.94. The van der Waals surface area contributed by atoms with E-state index in [9.17, 15) is 9.90 Å². The Labute approximate surface area is 110 Å². The van der Waals surface area contributed by atoms with E-state index in [1.54, 1.807) is 24.4 Å². The number of aromatic amines is 1. The number of nitrogens with two attached hydrogens (primary N) is 1. The summed E-state index contributed by atoms with van der Waals surface area (Å²) in [4.78, 5) is 14.7. The number of aromatic nitrogens is 1. The number of phenolic OH excluding ortho intramolecular Hbond substituents is 1. The Morgan fingerprint density at radius 1 is 1.47 bits per heavy atom. The number of H-pyrrole nitrogens is 1. The van der Waals surface area contributed by atoms with Crippen molar-refractivity contribution in [3.05, 3.63) is 30.0 Å². The molecule has 6 nitrogen and oxygen atoms in total. The molecule has 19 heavy (non-hydrogen) atoms. The molecule has 1 aromatic carbocycles. The highest BCUT2D eigenvalue weighted by Crippen LogP contribution is 2.23. The molecule has 6 N–H and O–H groups in total. The van der Waals surface area contributed by atoms with Gasteiger partial charge in [-0.1, -0.05) is 0 Å². The number of aromatic hydroxyl groups is 1. The number of hydrogen-bond donors (Lipinski definition) is 5. The maximum Gasteiger partial charge on any atom is 0.237 e. The van der Waals surface area contributed by atoms with Crippen LogP contribution >= 0.6 is 0 Å². The minimum absolute atomic E-state index is 0.112. The van der Waals surface area contributed by atoms with Gasteiger partial charge in [0.2, 0.25) is 5.91 Å². The Morgan fingerprint density at radius 3 is 3.00 bits per heavy atom. The quantitative estimate of drug-likeness (QED) is 0.516. The first-order valence-corrected chi connectivity index (χ1v) is 6.05. The summed E-state index contributed by atoms with van der Waals surface area (Å²) in [5, 5.41) is 21.5. The molecule has 0 spiro atoms. The van der Waals surface area contributed by atoms with E-state index in [1.165, 1.54) is 0 Å². The summed E-state index contributed by atoms with van der Waals surface area (Å²) < 4.78 is 0. The molecule has 2 rings (SSSR count). The van der Waals surface area contributed by atoms with Crippen molar-refractivity contribution in [2.45, 2.75) is 12.5 Å². The van der Waals surface area contributed by atoms with Gasteiger partial charge < -0.3 is 26.2 Å². The van der Waals surface area contributed by atoms with Gasteiger partial charge in [-0.2, -0.15) is 0 Å². The molecular weight excluding hydrogens is 246 g/mol. The molecule has 0 saturated heterocycles. The fourth-order valence-electron chi connectivity index (χ4n) is 1.98. The van der Waals surface area contributed by atoms with Gasteiger partial charge in [-0.15, -0.1) is 0 Å². The lowest BCUT2D eigenvalue weighted by Gasteiger charge is -2.11. The van der Waals surface area contributed by atoms with Gasteiger partial charge in [0, 0.05) is 23.6 Å². The Balaban J connectivity index is 2.12. The fraction of sp³-hybridized carbons (Fsp3) is 0.308. The number of nitrogens with one attached hydrogen (secondary N) is 2. The standard InChI is InChI=1S/C13H17N3O3/c14-11(13(19)15-3-4-17)5-8-7-16-12-2-1-9(18)6-10(8)12/h1-2,6-7,11,16-18H,3-5,14H2,(H,15,19)/t11-/m0/s1. The molecule has 0 radical (unpaired) electrons. The number of hydrogen-bond acceptors (Lipinski definition) is 4. The van der Waals surface area contributed by atoms with E-state index in [0.29, 0.717) is 6.42 Å². The number of aliphatic hydroxyl groups is 1. The minimum atomic E-state index is -0.687. The highest BCUT2D eigenvalue weighted by Gasteiger charge is 2.15. The van der Waals surface area contributed by atoms with Gasteiger partial charge in [0.1, 0.15) is 5.75 Å². The minimum Gasteiger partial charge on any atom is -0.508 e. The molecule has 0 saturated carbocycles. The van der Waals surface area contributed by atoms with Crippen molar-refractivity contribution in [1.29, 1.82) is 0 Å². The van der Waals surface area contributed by atoms with Crippen LogP contribution in [-0.2, 0) is 11.2 Å². The molecule has 1 heterocycles. The van der Waals surface area contributed by atoms with E-state index in [2.05, 4.69) is 10.3 Å². The van der Waals surface area contributed by atoms with Gasteiger partial charge in [0.05, 0.1) is 12.6 Å². The monoisotopic (exact) mass is 263 g/mol. The van der Waals surface area contributed by atoms with Gasteiger partial charge in [0.25, 0.3) is 0 Å². The number of rotatable bonds is 5. The first-order chi connectivity index (χ1) is 9.11. The lowest BCUT2D eigenvalue weighted by molar-refractivity contribution is -0.122. The van der Waals surface area contributed by atoms with Crippen molar-refractivity contribution in [1.82, 2.24) is 10.3 Å². The number of carbonyl (C=O) groups is 1. The normalized spacial score (nSPS) is 12.5. The summed E-state index contributed by atoms with van der Waals surface area (Å²) in [6, 6.07) is 4.31. The van der Waals surface area contributed by atoms with Crippen LogP contribution < -0.4 is 11.1 Å². The van der Waals surface area contributed by atoms with Crippen molar-refractivity contribution in [3.63, 3.8) is 0 Å². The Kier molecular flexibility index (Phi) is 4.03. The molecule has 2 aromatic rings. The number of benzene rings is 1. The molecule has 0 aliphatic carbocycles. The fourth-order valence-corrected chi connectivity index (χ4v) is 1.98. The predicted molar refractivity (Wildman–Crippen MR) is 71.7 cm³/mol. The smallest absolute Gasteiger partial charge is 0.237 e. The first-order valence-electron chi connectivity index (χ1n) is 6.05. The molecular formula is C13H17N3O3. The van der Waals surface area contributed by atoms with E-state index in [4.69, 9.17) is 10.8 Å². The Morgan fingerprint density at radius 2 is 2.26 bits per heavy atom. The van der Waals surface area contributed by atoms with Crippen LogP contribution in [0.4, 0.5) is 0 Å². The topological polar surface area (TPSA) is 111 Å². The molecule has 0 aliphatic heterocycles. The van der Waals surface area contributed by atoms with Crippen LogP contribution in [0.1, 0.15) is 5.56 Å². The summed E-state index contributed by atoms with van der Waals surface area (Å²) in [6.07, 6.45) is 2.14. The first kappa shape index (κ1) is 13.4. The van der Waals surface area contributed by atoms with E-state index in [1.807, 2.05) is 0 Å². The summed E-state index contributed by atoms with van der Waals surface area (Å²) in [5.74, 6) is -0.129. The number of phenols is 1. The molecule has 0 aliphatic rings. The zero-order valence-electron chi connectivity index (χ0n) is 10.4. The lowest BCUT2D eigenvalue weighted by atomic mass is 10.0. The van der Waals surface area contributed by atoms with Crippen molar-refractivity contribution >= 4 is 16.8 Å². The van der Waals surface area contributed by atoms with Crippen molar-refractivity contribution < 1.29 is 15.0 Å². The number of fused-ring (bicyclic) bond motifs is 1. The van der Waals surface area contributed by atoms with Crippen LogP contribution in [0, 0.1) is 0 Å². The van der Waals surface area contributed by atoms with E-state index < -0.39 is 6.04 Å². The van der Waals surface area contributed by atoms with E-state index in [-0.39, 0.29) is 24.8 Å². The molecule has 0 unspecified atom stereocenters. The molecule has 1 atom stereocenters. The average molecular weight is 263 g/mol. The van der Waals surface area contributed by atoms with Crippen LogP contribution in [0.15, 0.2) is 24.4 Å². The summed E-state index contributed by atoms with van der Waals surface area (Å²) in [5.41, 5.74) is 7.57. The Bertz CT molecular complexity index is 580. The van der Waals surface area contributed by atoms with Gasteiger partial charge in [-0.25, -0.2) is 0 Å². The van der Waals surface area contributed by atoms with Gasteiger partial charge in [0.15, 0.2) is 0 Å². The summed E-state index contributed by atoms with van der Waals surface area (Å²) in [7, 11) is 0. The average Bonchev–Trinajstić information content (AvgIpc) is 2.78. The SMILES string of the molecule is N[C@@H](Cc1c[nH]c2ccc(O)cc12)C(=O)NCCO. The summed E-state index contributed by atoms with van der Waals surface area (Å²) >= 11 is 0. The lowest BCUT2D eigenvalue weighted by Crippen LogP contribution is -2.42. The third-order valence-corrected chi connectivity index (χ3v) is 2.94. The highest BCUT2D eigenvalue weighted by atomic mass is 16.3. The predicted octanol–water partition coefficient (Wildman–Crippen LogP) is -0.148. The molecule has 0 bridgehead atoms. The molecule has 1 amide bonds. The van der Waals surface area contributed by atoms with Crippen LogP contribution in [0.2, 0.25) is 0 Å². The second-order valence-electron chi connectivity index (χ2n) is 4.37. The second-order valence-corrected chi connectivity index (χ2v) is 4.37. The number of carbonyl (C=O) groups excluding carboxylic acids is 1. The zero-order chi connectivity index (χ0) is 13.8. The van der Waals surface area contributed by atoms with Gasteiger partial charge in [-0.05, 0) is 30.2 Å². The zero-order valence-corrected chi connectivity index (χ0v) is 10.4. The largest absolute Gasteiger partial charge is 0.508 e. The van der Waals surface area contributed by atoms with Crippen molar-refractivity contribution in [3.8, 4) is 5.75 Å². The third kappa shape index (κ3) is 3.04. The molecule has 1 aromatic heterocycles. The van der Waals surface area contributed by atoms with E-state index >= 15 is 0 Å². The van der Waals surface area contributed by atoms with Crippen LogP contribution in [-0.4, -0.2) is 40.3 Å². The van der Waals surface area contributed by atoms with Crippen LogP contribution in [0.25, 0.3) is 10.9 Å². The highest BCUT2D eigenvalue weighted by molar-refractivity contribution is 5.86. The molecule has 6 heteroatoms. The van der Waals surface area contributed by atoms with Crippen molar-refractivity contribution in [2.24, 2.45) is 5.73 Å².